The lowest BCUT2D eigenvalue weighted by atomic mass is 10.2. The molecule has 0 saturated carbocycles. The Morgan fingerprint density at radius 3 is 2.23 bits per heavy atom. The molecule has 0 fully saturated rings. The largest absolute Gasteiger partial charge is 0.444 e. The van der Waals surface area contributed by atoms with Crippen molar-refractivity contribution in [3.8, 4) is 0 Å². The van der Waals surface area contributed by atoms with Crippen LogP contribution >= 0.6 is 0 Å². The van der Waals surface area contributed by atoms with Gasteiger partial charge in [-0.25, -0.2) is 4.79 Å². The first-order valence-corrected chi connectivity index (χ1v) is 8.31. The highest BCUT2D eigenvalue weighted by Crippen LogP contribution is 2.10. The predicted octanol–water partition coefficient (Wildman–Crippen LogP) is 1.80. The number of carbonyl (C=O) groups excluding carboxylic acids is 3. The number of amides is 3. The maximum atomic E-state index is 11.7. The molecule has 1 rings (SSSR count). The van der Waals surface area contributed by atoms with Crippen LogP contribution in [0.25, 0.3) is 0 Å². The van der Waals surface area contributed by atoms with Gasteiger partial charge in [-0.2, -0.15) is 0 Å². The average molecular weight is 365 g/mol. The molecule has 144 valence electrons. The third-order valence-electron chi connectivity index (χ3n) is 3.05. The minimum Gasteiger partial charge on any atom is -0.444 e. The molecule has 0 saturated heterocycles. The van der Waals surface area contributed by atoms with Crippen LogP contribution in [0.5, 0.6) is 0 Å². The first-order valence-electron chi connectivity index (χ1n) is 8.31. The van der Waals surface area contributed by atoms with Crippen LogP contribution in [0.2, 0.25) is 0 Å². The number of anilines is 1. The number of methoxy groups -OCH3 is 1. The van der Waals surface area contributed by atoms with Gasteiger partial charge in [0.15, 0.2) is 0 Å². The molecule has 0 aliphatic heterocycles. The highest BCUT2D eigenvalue weighted by molar-refractivity contribution is 5.90. The summed E-state index contributed by atoms with van der Waals surface area (Å²) in [6.45, 7) is 5.76. The Labute approximate surface area is 153 Å². The molecule has 26 heavy (non-hydrogen) atoms. The molecule has 1 aromatic rings. The van der Waals surface area contributed by atoms with Crippen molar-refractivity contribution in [2.75, 3.05) is 25.6 Å². The van der Waals surface area contributed by atoms with E-state index in [1.165, 1.54) is 0 Å². The van der Waals surface area contributed by atoms with Crippen LogP contribution in [-0.2, 0) is 25.6 Å². The van der Waals surface area contributed by atoms with E-state index in [0.29, 0.717) is 25.3 Å². The molecule has 8 heteroatoms. The van der Waals surface area contributed by atoms with E-state index in [4.69, 9.17) is 9.47 Å². The minimum absolute atomic E-state index is 0.124. The standard InChI is InChI=1S/C18H27N3O5/c1-18(2,3)26-17(24)20-12-16(23)19-11-13-5-7-14(8-6-13)21-15(22)9-10-25-4/h5-8H,9-12H2,1-4H3,(H,19,23)(H,20,24)(H,21,22). The van der Waals surface area contributed by atoms with Gasteiger partial charge in [-0.15, -0.1) is 0 Å². The van der Waals surface area contributed by atoms with Crippen molar-refractivity contribution in [3.63, 3.8) is 0 Å². The van der Waals surface area contributed by atoms with Gasteiger partial charge in [-0.3, -0.25) is 9.59 Å². The maximum Gasteiger partial charge on any atom is 0.408 e. The lowest BCUT2D eigenvalue weighted by molar-refractivity contribution is -0.120. The molecular weight excluding hydrogens is 338 g/mol. The summed E-state index contributed by atoms with van der Waals surface area (Å²) < 4.78 is 9.89. The van der Waals surface area contributed by atoms with Crippen LogP contribution < -0.4 is 16.0 Å². The zero-order valence-corrected chi connectivity index (χ0v) is 15.7. The molecule has 0 aliphatic carbocycles. The predicted molar refractivity (Wildman–Crippen MR) is 97.6 cm³/mol. The van der Waals surface area contributed by atoms with Crippen molar-refractivity contribution in [2.45, 2.75) is 39.3 Å². The number of nitrogens with one attached hydrogen (secondary N) is 3. The second kappa shape index (κ2) is 10.4. The summed E-state index contributed by atoms with van der Waals surface area (Å²) in [7, 11) is 1.54. The molecule has 0 aliphatic rings. The summed E-state index contributed by atoms with van der Waals surface area (Å²) in [5, 5.41) is 7.84. The van der Waals surface area contributed by atoms with Crippen molar-refractivity contribution >= 4 is 23.6 Å². The highest BCUT2D eigenvalue weighted by atomic mass is 16.6. The second-order valence-corrected chi connectivity index (χ2v) is 6.62. The van der Waals surface area contributed by atoms with Crippen LogP contribution in [0.15, 0.2) is 24.3 Å². The van der Waals surface area contributed by atoms with E-state index in [1.807, 2.05) is 0 Å². The van der Waals surface area contributed by atoms with Gasteiger partial charge in [-0.1, -0.05) is 12.1 Å². The van der Waals surface area contributed by atoms with E-state index in [0.717, 1.165) is 5.56 Å². The Morgan fingerprint density at radius 1 is 1.00 bits per heavy atom. The van der Waals surface area contributed by atoms with E-state index in [9.17, 15) is 14.4 Å². The van der Waals surface area contributed by atoms with Crippen molar-refractivity contribution in [3.05, 3.63) is 29.8 Å². The van der Waals surface area contributed by atoms with Gasteiger partial charge in [0.25, 0.3) is 0 Å². The van der Waals surface area contributed by atoms with E-state index in [2.05, 4.69) is 16.0 Å². The van der Waals surface area contributed by atoms with Crippen molar-refractivity contribution in [2.24, 2.45) is 0 Å². The number of rotatable bonds is 8. The van der Waals surface area contributed by atoms with Crippen LogP contribution in [0.3, 0.4) is 0 Å². The quantitative estimate of drug-likeness (QED) is 0.651. The van der Waals surface area contributed by atoms with Crippen LogP contribution in [0.4, 0.5) is 10.5 Å². The Morgan fingerprint density at radius 2 is 1.65 bits per heavy atom. The highest BCUT2D eigenvalue weighted by Gasteiger charge is 2.16. The van der Waals surface area contributed by atoms with Gasteiger partial charge < -0.3 is 25.4 Å². The summed E-state index contributed by atoms with van der Waals surface area (Å²) in [5.41, 5.74) is 0.930. The Balaban J connectivity index is 2.33. The van der Waals surface area contributed by atoms with Gasteiger partial charge in [0.1, 0.15) is 12.1 Å². The van der Waals surface area contributed by atoms with Gasteiger partial charge in [0, 0.05) is 19.3 Å². The summed E-state index contributed by atoms with van der Waals surface area (Å²) in [6, 6.07) is 7.11. The second-order valence-electron chi connectivity index (χ2n) is 6.62. The first kappa shape index (κ1) is 21.4. The lowest BCUT2D eigenvalue weighted by Crippen LogP contribution is -2.39. The molecule has 0 spiro atoms. The van der Waals surface area contributed by atoms with Crippen LogP contribution in [0, 0.1) is 0 Å². The van der Waals surface area contributed by atoms with Crippen LogP contribution in [-0.4, -0.2) is 43.8 Å². The molecular formula is C18H27N3O5. The number of hydrogen-bond donors (Lipinski definition) is 3. The van der Waals surface area contributed by atoms with Gasteiger partial charge in [0.2, 0.25) is 11.8 Å². The number of carbonyl (C=O) groups is 3. The molecule has 3 amide bonds. The smallest absolute Gasteiger partial charge is 0.408 e. The third-order valence-corrected chi connectivity index (χ3v) is 3.05. The fraction of sp³-hybridized carbons (Fsp3) is 0.500. The fourth-order valence-electron chi connectivity index (χ4n) is 1.85. The normalized spacial score (nSPS) is 10.8. The van der Waals surface area contributed by atoms with Gasteiger partial charge in [-0.05, 0) is 38.5 Å². The van der Waals surface area contributed by atoms with E-state index < -0.39 is 11.7 Å². The molecule has 0 heterocycles. The summed E-state index contributed by atoms with van der Waals surface area (Å²) in [4.78, 5) is 34.8. The Kier molecular flexibility index (Phi) is 8.57. The maximum absolute atomic E-state index is 11.7. The molecule has 0 unspecified atom stereocenters. The number of hydrogen-bond acceptors (Lipinski definition) is 5. The zero-order valence-electron chi connectivity index (χ0n) is 15.7. The number of benzene rings is 1. The van der Waals surface area contributed by atoms with Crippen molar-refractivity contribution < 1.29 is 23.9 Å². The average Bonchev–Trinajstić information content (AvgIpc) is 2.56. The molecule has 0 radical (unpaired) electrons. The number of alkyl carbamates (subject to hydrolysis) is 1. The molecule has 0 bridgehead atoms. The van der Waals surface area contributed by atoms with E-state index in [1.54, 1.807) is 52.1 Å². The van der Waals surface area contributed by atoms with E-state index in [-0.39, 0.29) is 18.4 Å². The van der Waals surface area contributed by atoms with Crippen molar-refractivity contribution in [1.82, 2.24) is 10.6 Å². The third kappa shape index (κ3) is 9.63. The molecule has 0 atom stereocenters. The Bertz CT molecular complexity index is 608. The molecule has 8 nitrogen and oxygen atoms in total. The summed E-state index contributed by atoms with van der Waals surface area (Å²) in [6.07, 6.45) is -0.347. The summed E-state index contributed by atoms with van der Waals surface area (Å²) >= 11 is 0. The monoisotopic (exact) mass is 365 g/mol. The van der Waals surface area contributed by atoms with Crippen molar-refractivity contribution in [1.29, 1.82) is 0 Å². The molecule has 0 aromatic heterocycles. The Hall–Kier alpha value is -2.61. The SMILES string of the molecule is COCCC(=O)Nc1ccc(CNC(=O)CNC(=O)OC(C)(C)C)cc1. The molecule has 3 N–H and O–H groups in total. The first-order chi connectivity index (χ1) is 12.2. The minimum atomic E-state index is -0.638. The topological polar surface area (TPSA) is 106 Å². The number of ether oxygens (including phenoxy) is 2. The molecule has 1 aromatic carbocycles. The summed E-state index contributed by atoms with van der Waals surface area (Å²) in [5.74, 6) is -0.450. The van der Waals surface area contributed by atoms with E-state index >= 15 is 0 Å². The fourth-order valence-corrected chi connectivity index (χ4v) is 1.85. The van der Waals surface area contributed by atoms with Gasteiger partial charge in [0.05, 0.1) is 13.0 Å². The van der Waals surface area contributed by atoms with Gasteiger partial charge >= 0.3 is 6.09 Å². The lowest BCUT2D eigenvalue weighted by Gasteiger charge is -2.19. The van der Waals surface area contributed by atoms with Crippen LogP contribution in [0.1, 0.15) is 32.8 Å². The zero-order chi connectivity index (χ0) is 19.6.